The molecular weight excluding hydrogens is 476 g/mol. The van der Waals surface area contributed by atoms with Gasteiger partial charge in [0.2, 0.25) is 11.8 Å². The van der Waals surface area contributed by atoms with Crippen molar-refractivity contribution in [2.75, 3.05) is 38.2 Å². The number of piperazine rings is 1. The molecule has 8 nitrogen and oxygen atoms in total. The van der Waals surface area contributed by atoms with Gasteiger partial charge in [-0.1, -0.05) is 43.3 Å². The van der Waals surface area contributed by atoms with Crippen molar-refractivity contribution in [3.63, 3.8) is 0 Å². The summed E-state index contributed by atoms with van der Waals surface area (Å²) in [4.78, 5) is 26.0. The molecule has 1 amide bonds. The van der Waals surface area contributed by atoms with Gasteiger partial charge < -0.3 is 14.5 Å². The summed E-state index contributed by atoms with van der Waals surface area (Å²) in [5.74, 6) is 1.41. The molecule has 196 valence electrons. The van der Waals surface area contributed by atoms with Crippen molar-refractivity contribution in [2.45, 2.75) is 33.7 Å². The SMILES string of the molecule is CCc1cc(C)c(C)cc1-c1cc(-c2ccccc2)n(CC(=O)N2CCN(c3cc(OC)ncn3)CC2)n1. The number of ether oxygens (including phenoxy) is 1. The van der Waals surface area contributed by atoms with Crippen molar-refractivity contribution in [1.29, 1.82) is 0 Å². The monoisotopic (exact) mass is 510 g/mol. The maximum atomic E-state index is 13.5. The van der Waals surface area contributed by atoms with Crippen LogP contribution in [0.1, 0.15) is 23.6 Å². The van der Waals surface area contributed by atoms with Crippen molar-refractivity contribution in [3.05, 3.63) is 77.6 Å². The van der Waals surface area contributed by atoms with E-state index in [0.717, 1.165) is 34.8 Å². The molecule has 0 radical (unpaired) electrons. The summed E-state index contributed by atoms with van der Waals surface area (Å²) in [6.45, 7) is 9.28. The van der Waals surface area contributed by atoms with Gasteiger partial charge in [-0.2, -0.15) is 5.10 Å². The number of aromatic nitrogens is 4. The number of methoxy groups -OCH3 is 1. The topological polar surface area (TPSA) is 76.4 Å². The van der Waals surface area contributed by atoms with Gasteiger partial charge in [0.1, 0.15) is 18.7 Å². The summed E-state index contributed by atoms with van der Waals surface area (Å²) < 4.78 is 7.09. The number of amides is 1. The molecule has 0 bridgehead atoms. The summed E-state index contributed by atoms with van der Waals surface area (Å²) in [6.07, 6.45) is 2.43. The Kier molecular flexibility index (Phi) is 7.40. The highest BCUT2D eigenvalue weighted by atomic mass is 16.5. The maximum Gasteiger partial charge on any atom is 0.244 e. The van der Waals surface area contributed by atoms with Crippen molar-refractivity contribution in [2.24, 2.45) is 0 Å². The number of hydrogen-bond donors (Lipinski definition) is 0. The first-order valence-corrected chi connectivity index (χ1v) is 13.1. The average Bonchev–Trinajstić information content (AvgIpc) is 3.38. The first-order chi connectivity index (χ1) is 18.5. The van der Waals surface area contributed by atoms with Gasteiger partial charge in [-0.25, -0.2) is 9.97 Å². The Labute approximate surface area is 223 Å². The third-order valence-corrected chi connectivity index (χ3v) is 7.30. The summed E-state index contributed by atoms with van der Waals surface area (Å²) >= 11 is 0. The van der Waals surface area contributed by atoms with Gasteiger partial charge in [-0.15, -0.1) is 0 Å². The van der Waals surface area contributed by atoms with Crippen LogP contribution in [0.15, 0.2) is 60.9 Å². The van der Waals surface area contributed by atoms with Gasteiger partial charge in [0.15, 0.2) is 0 Å². The molecule has 2 aromatic heterocycles. The van der Waals surface area contributed by atoms with Crippen LogP contribution in [0, 0.1) is 13.8 Å². The quantitative estimate of drug-likeness (QED) is 0.363. The third kappa shape index (κ3) is 5.25. The zero-order valence-electron chi connectivity index (χ0n) is 22.5. The summed E-state index contributed by atoms with van der Waals surface area (Å²) in [5, 5.41) is 4.98. The van der Waals surface area contributed by atoms with Crippen LogP contribution in [0.4, 0.5) is 5.82 Å². The standard InChI is InChI=1S/C30H34N6O2/c1-5-23-15-21(2)22(3)16-25(23)26-17-27(24-9-7-6-8-10-24)36(33-26)19-30(37)35-13-11-34(12-14-35)28-18-29(38-4)32-20-31-28/h6-10,15-18,20H,5,11-14,19H2,1-4H3. The van der Waals surface area contributed by atoms with E-state index in [-0.39, 0.29) is 12.5 Å². The molecule has 0 saturated carbocycles. The number of aryl methyl sites for hydroxylation is 3. The fourth-order valence-corrected chi connectivity index (χ4v) is 4.94. The van der Waals surface area contributed by atoms with Crippen LogP contribution in [-0.2, 0) is 17.8 Å². The highest BCUT2D eigenvalue weighted by Gasteiger charge is 2.24. The third-order valence-electron chi connectivity index (χ3n) is 7.30. The first kappa shape index (κ1) is 25.4. The Morgan fingerprint density at radius 2 is 1.68 bits per heavy atom. The molecule has 2 aromatic carbocycles. The zero-order chi connectivity index (χ0) is 26.6. The van der Waals surface area contributed by atoms with Gasteiger partial charge in [-0.05, 0) is 54.7 Å². The van der Waals surface area contributed by atoms with E-state index in [1.54, 1.807) is 7.11 Å². The number of rotatable bonds is 7. The van der Waals surface area contributed by atoms with E-state index in [9.17, 15) is 4.79 Å². The lowest BCUT2D eigenvalue weighted by Crippen LogP contribution is -2.50. The molecule has 0 spiro atoms. The van der Waals surface area contributed by atoms with Crippen LogP contribution in [0.25, 0.3) is 22.5 Å². The molecule has 4 aromatic rings. The van der Waals surface area contributed by atoms with E-state index in [1.807, 2.05) is 33.8 Å². The molecule has 1 aliphatic rings. The van der Waals surface area contributed by atoms with E-state index in [2.05, 4.69) is 66.0 Å². The van der Waals surface area contributed by atoms with Gasteiger partial charge in [0.05, 0.1) is 18.5 Å². The normalized spacial score (nSPS) is 13.6. The second kappa shape index (κ2) is 11.0. The Balaban J connectivity index is 1.38. The average molecular weight is 511 g/mol. The molecule has 38 heavy (non-hydrogen) atoms. The molecule has 0 aliphatic carbocycles. The van der Waals surface area contributed by atoms with E-state index >= 15 is 0 Å². The van der Waals surface area contributed by atoms with Gasteiger partial charge >= 0.3 is 0 Å². The molecular formula is C30H34N6O2. The smallest absolute Gasteiger partial charge is 0.244 e. The number of carbonyl (C=O) groups excluding carboxylic acids is 1. The van der Waals surface area contributed by atoms with Crippen LogP contribution in [-0.4, -0.2) is 63.8 Å². The highest BCUT2D eigenvalue weighted by molar-refractivity contribution is 5.78. The lowest BCUT2D eigenvalue weighted by molar-refractivity contribution is -0.132. The van der Waals surface area contributed by atoms with E-state index in [1.165, 1.54) is 23.0 Å². The summed E-state index contributed by atoms with van der Waals surface area (Å²) in [5.41, 5.74) is 7.81. The van der Waals surface area contributed by atoms with E-state index in [4.69, 9.17) is 9.84 Å². The van der Waals surface area contributed by atoms with Crippen molar-refractivity contribution >= 4 is 11.7 Å². The molecule has 3 heterocycles. The van der Waals surface area contributed by atoms with Crippen molar-refractivity contribution in [1.82, 2.24) is 24.6 Å². The Bertz CT molecular complexity index is 1420. The molecule has 0 unspecified atom stereocenters. The minimum atomic E-state index is 0.0625. The number of carbonyl (C=O) groups is 1. The van der Waals surface area contributed by atoms with Gasteiger partial charge in [0, 0.05) is 37.8 Å². The predicted octanol–water partition coefficient (Wildman–Crippen LogP) is 4.54. The predicted molar refractivity (Wildman–Crippen MR) is 149 cm³/mol. The fraction of sp³-hybridized carbons (Fsp3) is 0.333. The number of nitrogens with zero attached hydrogens (tertiary/aromatic N) is 6. The summed E-state index contributed by atoms with van der Waals surface area (Å²) in [7, 11) is 1.59. The Morgan fingerprint density at radius 1 is 0.947 bits per heavy atom. The Hall–Kier alpha value is -4.20. The second-order valence-electron chi connectivity index (χ2n) is 9.67. The number of anilines is 1. The largest absolute Gasteiger partial charge is 0.481 e. The number of hydrogen-bond acceptors (Lipinski definition) is 6. The van der Waals surface area contributed by atoms with Crippen LogP contribution >= 0.6 is 0 Å². The minimum absolute atomic E-state index is 0.0625. The molecule has 1 saturated heterocycles. The van der Waals surface area contributed by atoms with Crippen LogP contribution in [0.5, 0.6) is 5.88 Å². The lowest BCUT2D eigenvalue weighted by Gasteiger charge is -2.35. The van der Waals surface area contributed by atoms with Gasteiger partial charge in [0.25, 0.3) is 0 Å². The molecule has 1 aliphatic heterocycles. The van der Waals surface area contributed by atoms with Crippen LogP contribution in [0.3, 0.4) is 0 Å². The molecule has 8 heteroatoms. The molecule has 5 rings (SSSR count). The molecule has 0 atom stereocenters. The zero-order valence-corrected chi connectivity index (χ0v) is 22.5. The minimum Gasteiger partial charge on any atom is -0.481 e. The second-order valence-corrected chi connectivity index (χ2v) is 9.67. The highest BCUT2D eigenvalue weighted by Crippen LogP contribution is 2.31. The Morgan fingerprint density at radius 3 is 2.39 bits per heavy atom. The lowest BCUT2D eigenvalue weighted by atomic mass is 9.96. The van der Waals surface area contributed by atoms with Crippen molar-refractivity contribution in [3.8, 4) is 28.4 Å². The van der Waals surface area contributed by atoms with Crippen LogP contribution < -0.4 is 9.64 Å². The summed E-state index contributed by atoms with van der Waals surface area (Å²) in [6, 6.07) is 18.6. The van der Waals surface area contributed by atoms with Crippen LogP contribution in [0.2, 0.25) is 0 Å². The fourth-order valence-electron chi connectivity index (χ4n) is 4.94. The number of benzene rings is 2. The molecule has 1 fully saturated rings. The molecule has 0 N–H and O–H groups in total. The first-order valence-electron chi connectivity index (χ1n) is 13.1. The van der Waals surface area contributed by atoms with E-state index in [0.29, 0.717) is 32.1 Å². The van der Waals surface area contributed by atoms with Crippen molar-refractivity contribution < 1.29 is 9.53 Å². The van der Waals surface area contributed by atoms with E-state index < -0.39 is 0 Å². The maximum absolute atomic E-state index is 13.5. The van der Waals surface area contributed by atoms with Gasteiger partial charge in [-0.3, -0.25) is 9.48 Å².